The van der Waals surface area contributed by atoms with E-state index in [-0.39, 0.29) is 4.90 Å². The Labute approximate surface area is 126 Å². The van der Waals surface area contributed by atoms with Gasteiger partial charge in [-0.1, -0.05) is 0 Å². The Kier molecular flexibility index (Phi) is 5.08. The van der Waals surface area contributed by atoms with Crippen molar-refractivity contribution in [1.82, 2.24) is 9.21 Å². The van der Waals surface area contributed by atoms with Crippen molar-refractivity contribution in [2.24, 2.45) is 0 Å². The molecule has 1 aromatic rings. The zero-order valence-electron chi connectivity index (χ0n) is 12.6. The van der Waals surface area contributed by atoms with Crippen LogP contribution >= 0.6 is 0 Å². The third kappa shape index (κ3) is 3.66. The molecule has 1 heterocycles. The molecule has 0 aliphatic carbocycles. The van der Waals surface area contributed by atoms with E-state index in [2.05, 4.69) is 4.90 Å². The maximum absolute atomic E-state index is 12.5. The fourth-order valence-electron chi connectivity index (χ4n) is 2.46. The number of nitrogens with zero attached hydrogens (tertiary/aromatic N) is 2. The van der Waals surface area contributed by atoms with Gasteiger partial charge >= 0.3 is 0 Å². The number of nitrogen functional groups attached to an aromatic ring is 1. The third-order valence-corrected chi connectivity index (χ3v) is 5.69. The molecule has 0 saturated carbocycles. The molecule has 0 radical (unpaired) electrons. The largest absolute Gasteiger partial charge is 0.495 e. The summed E-state index contributed by atoms with van der Waals surface area (Å²) in [6.45, 7) is 3.36. The van der Waals surface area contributed by atoms with Gasteiger partial charge < -0.3 is 15.4 Å². The second-order valence-corrected chi connectivity index (χ2v) is 7.32. The van der Waals surface area contributed by atoms with Gasteiger partial charge in [0.15, 0.2) is 0 Å². The molecule has 2 rings (SSSR count). The normalized spacial score (nSPS) is 16.5. The van der Waals surface area contributed by atoms with Crippen LogP contribution in [-0.4, -0.2) is 58.0 Å². The summed E-state index contributed by atoms with van der Waals surface area (Å²) in [5.41, 5.74) is 6.11. The number of benzene rings is 1. The highest BCUT2D eigenvalue weighted by atomic mass is 32.2. The van der Waals surface area contributed by atoms with Crippen molar-refractivity contribution in [1.29, 1.82) is 0 Å². The maximum Gasteiger partial charge on any atom is 0.242 e. The van der Waals surface area contributed by atoms with E-state index in [1.807, 2.05) is 0 Å². The highest BCUT2D eigenvalue weighted by Crippen LogP contribution is 2.25. The van der Waals surface area contributed by atoms with Crippen LogP contribution in [0.1, 0.15) is 12.8 Å². The Morgan fingerprint density at radius 1 is 1.33 bits per heavy atom. The number of hydrogen-bond acceptors (Lipinski definition) is 5. The summed E-state index contributed by atoms with van der Waals surface area (Å²) in [5, 5.41) is 0. The van der Waals surface area contributed by atoms with Gasteiger partial charge in [0.25, 0.3) is 0 Å². The van der Waals surface area contributed by atoms with Gasteiger partial charge in [0.2, 0.25) is 10.0 Å². The van der Waals surface area contributed by atoms with Crippen LogP contribution in [-0.2, 0) is 10.0 Å². The van der Waals surface area contributed by atoms with E-state index in [1.165, 1.54) is 36.4 Å². The summed E-state index contributed by atoms with van der Waals surface area (Å²) in [4.78, 5) is 2.48. The quantitative estimate of drug-likeness (QED) is 0.793. The van der Waals surface area contributed by atoms with Crippen molar-refractivity contribution in [2.75, 3.05) is 46.1 Å². The van der Waals surface area contributed by atoms with Crippen LogP contribution in [0.15, 0.2) is 23.1 Å². The van der Waals surface area contributed by atoms with E-state index in [1.54, 1.807) is 13.1 Å². The van der Waals surface area contributed by atoms with Crippen LogP contribution in [0.2, 0.25) is 0 Å². The number of likely N-dealkylation sites (N-methyl/N-ethyl adjacent to an activating group) is 1. The number of nitrogens with two attached hydrogens (primary N) is 1. The van der Waals surface area contributed by atoms with Gasteiger partial charge in [-0.15, -0.1) is 0 Å². The molecular formula is C14H23N3O3S. The van der Waals surface area contributed by atoms with Crippen molar-refractivity contribution < 1.29 is 13.2 Å². The molecule has 1 fully saturated rings. The Morgan fingerprint density at radius 2 is 2.00 bits per heavy atom. The fraction of sp³-hybridized carbons (Fsp3) is 0.571. The second-order valence-electron chi connectivity index (χ2n) is 5.28. The number of methoxy groups -OCH3 is 1. The topological polar surface area (TPSA) is 75.9 Å². The summed E-state index contributed by atoms with van der Waals surface area (Å²) in [6, 6.07) is 4.55. The number of hydrogen-bond donors (Lipinski definition) is 1. The van der Waals surface area contributed by atoms with E-state index >= 15 is 0 Å². The van der Waals surface area contributed by atoms with Crippen LogP contribution in [0, 0.1) is 0 Å². The lowest BCUT2D eigenvalue weighted by Crippen LogP contribution is -2.35. The van der Waals surface area contributed by atoms with Crippen molar-refractivity contribution in [3.05, 3.63) is 18.2 Å². The third-order valence-electron chi connectivity index (χ3n) is 3.84. The van der Waals surface area contributed by atoms with Gasteiger partial charge in [0.1, 0.15) is 5.75 Å². The number of likely N-dealkylation sites (tertiary alicyclic amines) is 1. The highest BCUT2D eigenvalue weighted by molar-refractivity contribution is 7.89. The summed E-state index contributed by atoms with van der Waals surface area (Å²) < 4.78 is 31.4. The van der Waals surface area contributed by atoms with Gasteiger partial charge in [-0.05, 0) is 44.1 Å². The first-order chi connectivity index (χ1) is 9.95. The van der Waals surface area contributed by atoms with Crippen LogP contribution in [0.5, 0.6) is 5.75 Å². The van der Waals surface area contributed by atoms with Crippen molar-refractivity contribution in [3.63, 3.8) is 0 Å². The molecular weight excluding hydrogens is 290 g/mol. The minimum absolute atomic E-state index is 0.199. The average Bonchev–Trinajstić information content (AvgIpc) is 2.97. The van der Waals surface area contributed by atoms with Crippen molar-refractivity contribution in [2.45, 2.75) is 17.7 Å². The number of rotatable bonds is 6. The van der Waals surface area contributed by atoms with Crippen LogP contribution in [0.3, 0.4) is 0 Å². The van der Waals surface area contributed by atoms with Crippen LogP contribution in [0.25, 0.3) is 0 Å². The van der Waals surface area contributed by atoms with Crippen molar-refractivity contribution >= 4 is 15.7 Å². The second kappa shape index (κ2) is 6.64. The molecule has 0 bridgehead atoms. The molecule has 21 heavy (non-hydrogen) atoms. The van der Waals surface area contributed by atoms with Gasteiger partial charge in [-0.3, -0.25) is 0 Å². The van der Waals surface area contributed by atoms with E-state index in [9.17, 15) is 8.42 Å². The van der Waals surface area contributed by atoms with E-state index < -0.39 is 10.0 Å². The van der Waals surface area contributed by atoms with Crippen LogP contribution < -0.4 is 10.5 Å². The first kappa shape index (κ1) is 16.1. The lowest BCUT2D eigenvalue weighted by atomic mass is 10.3. The molecule has 6 nitrogen and oxygen atoms in total. The predicted octanol–water partition coefficient (Wildman–Crippen LogP) is 0.994. The van der Waals surface area contributed by atoms with E-state index in [0.29, 0.717) is 18.0 Å². The van der Waals surface area contributed by atoms with Gasteiger partial charge in [-0.2, -0.15) is 4.31 Å². The van der Waals surface area contributed by atoms with Crippen LogP contribution in [0.4, 0.5) is 5.69 Å². The smallest absolute Gasteiger partial charge is 0.242 e. The predicted molar refractivity (Wildman–Crippen MR) is 82.9 cm³/mol. The minimum atomic E-state index is -3.51. The molecule has 2 N–H and O–H groups in total. The Hall–Kier alpha value is -1.31. The Balaban J connectivity index is 2.07. The van der Waals surface area contributed by atoms with E-state index in [0.717, 1.165) is 19.6 Å². The molecule has 7 heteroatoms. The lowest BCUT2D eigenvalue weighted by Gasteiger charge is -2.21. The highest BCUT2D eigenvalue weighted by Gasteiger charge is 2.22. The zero-order valence-corrected chi connectivity index (χ0v) is 13.4. The van der Waals surface area contributed by atoms with Crippen molar-refractivity contribution in [3.8, 4) is 5.75 Å². The Bertz CT molecular complexity index is 583. The molecule has 1 aromatic carbocycles. The first-order valence-corrected chi connectivity index (χ1v) is 8.51. The summed E-state index contributed by atoms with van der Waals surface area (Å²) in [6.07, 6.45) is 2.40. The lowest BCUT2D eigenvalue weighted by molar-refractivity contribution is 0.310. The first-order valence-electron chi connectivity index (χ1n) is 7.07. The Morgan fingerprint density at radius 3 is 2.57 bits per heavy atom. The molecule has 1 aliphatic heterocycles. The monoisotopic (exact) mass is 313 g/mol. The summed E-state index contributed by atoms with van der Waals surface area (Å²) in [7, 11) is -0.402. The van der Waals surface area contributed by atoms with Gasteiger partial charge in [0.05, 0.1) is 17.7 Å². The molecule has 0 atom stereocenters. The fourth-order valence-corrected chi connectivity index (χ4v) is 3.66. The molecule has 0 spiro atoms. The van der Waals surface area contributed by atoms with Gasteiger partial charge in [-0.25, -0.2) is 8.42 Å². The molecule has 1 aliphatic rings. The maximum atomic E-state index is 12.5. The van der Waals surface area contributed by atoms with Gasteiger partial charge in [0, 0.05) is 20.1 Å². The number of ether oxygens (including phenoxy) is 1. The molecule has 118 valence electrons. The average molecular weight is 313 g/mol. The SMILES string of the molecule is COc1ccc(S(=O)(=O)N(C)CCN2CCCC2)cc1N. The minimum Gasteiger partial charge on any atom is -0.495 e. The van der Waals surface area contributed by atoms with E-state index in [4.69, 9.17) is 10.5 Å². The summed E-state index contributed by atoms with van der Waals surface area (Å²) >= 11 is 0. The molecule has 1 saturated heterocycles. The molecule has 0 unspecified atom stereocenters. The number of sulfonamides is 1. The molecule has 0 amide bonds. The standard InChI is InChI=1S/C14H23N3O3S/c1-16(9-10-17-7-3-4-8-17)21(18,19)12-5-6-14(20-2)13(15)11-12/h5-6,11H,3-4,7-10,15H2,1-2H3. The number of anilines is 1. The summed E-state index contributed by atoms with van der Waals surface area (Å²) in [5.74, 6) is 0.480. The zero-order chi connectivity index (χ0) is 15.5. The molecule has 0 aromatic heterocycles.